The fourth-order valence-electron chi connectivity index (χ4n) is 6.13. The zero-order valence-electron chi connectivity index (χ0n) is 17.2. The van der Waals surface area contributed by atoms with Crippen molar-refractivity contribution in [1.29, 1.82) is 0 Å². The predicted molar refractivity (Wildman–Crippen MR) is 112 cm³/mol. The van der Waals surface area contributed by atoms with Crippen LogP contribution in [-0.4, -0.2) is 6.61 Å². The Morgan fingerprint density at radius 1 is 0.897 bits per heavy atom. The molecule has 0 spiro atoms. The third-order valence-corrected chi connectivity index (χ3v) is 7.72. The van der Waals surface area contributed by atoms with E-state index >= 15 is 0 Å². The van der Waals surface area contributed by atoms with Gasteiger partial charge in [-0.2, -0.15) is 0 Å². The van der Waals surface area contributed by atoms with Gasteiger partial charge in [-0.3, -0.25) is 0 Å². The van der Waals surface area contributed by atoms with Crippen LogP contribution >= 0.6 is 0 Å². The van der Waals surface area contributed by atoms with E-state index < -0.39 is 11.6 Å². The first-order chi connectivity index (χ1) is 14.2. The monoisotopic (exact) mass is 396 g/mol. The Kier molecular flexibility index (Phi) is 5.19. The van der Waals surface area contributed by atoms with Gasteiger partial charge in [0.2, 0.25) is 0 Å². The van der Waals surface area contributed by atoms with Crippen molar-refractivity contribution < 1.29 is 13.5 Å². The van der Waals surface area contributed by atoms with E-state index in [0.717, 1.165) is 23.3 Å². The first-order valence-corrected chi connectivity index (χ1v) is 11.4. The summed E-state index contributed by atoms with van der Waals surface area (Å²) < 4.78 is 34.1. The predicted octanol–water partition coefficient (Wildman–Crippen LogP) is 7.41. The number of fused-ring (bicyclic) bond motifs is 1. The summed E-state index contributed by atoms with van der Waals surface area (Å²) in [5, 5.41) is 0. The molecule has 2 aliphatic carbocycles. The number of ether oxygens (including phenoxy) is 1. The largest absolute Gasteiger partial charge is 0.368 e. The molecule has 1 nitrogen and oxygen atoms in total. The molecule has 0 radical (unpaired) electrons. The molecule has 154 valence electrons. The van der Waals surface area contributed by atoms with Crippen LogP contribution in [0.1, 0.15) is 75.0 Å². The molecule has 2 saturated carbocycles. The van der Waals surface area contributed by atoms with Gasteiger partial charge in [0.1, 0.15) is 6.10 Å². The molecule has 0 bridgehead atoms. The quantitative estimate of drug-likeness (QED) is 0.463. The maximum absolute atomic E-state index is 14.6. The van der Waals surface area contributed by atoms with Gasteiger partial charge in [-0.1, -0.05) is 62.6 Å². The number of unbranched alkanes of at least 4 members (excludes halogenated alkanes) is 1. The third kappa shape index (κ3) is 3.52. The number of hydrogen-bond acceptors (Lipinski definition) is 1. The molecule has 5 atom stereocenters. The highest BCUT2D eigenvalue weighted by molar-refractivity contribution is 5.65. The van der Waals surface area contributed by atoms with Crippen molar-refractivity contribution in [2.24, 2.45) is 17.8 Å². The first kappa shape index (κ1) is 19.2. The van der Waals surface area contributed by atoms with Crippen molar-refractivity contribution in [3.8, 4) is 11.1 Å². The molecule has 1 saturated heterocycles. The van der Waals surface area contributed by atoms with Crippen molar-refractivity contribution in [2.75, 3.05) is 6.61 Å². The van der Waals surface area contributed by atoms with Crippen LogP contribution in [0.2, 0.25) is 0 Å². The highest BCUT2D eigenvalue weighted by Crippen LogP contribution is 2.55. The lowest BCUT2D eigenvalue weighted by Crippen LogP contribution is -2.12. The van der Waals surface area contributed by atoms with Gasteiger partial charge in [-0.15, -0.1) is 0 Å². The summed E-state index contributed by atoms with van der Waals surface area (Å²) in [6.07, 6.45) is 9.17. The summed E-state index contributed by atoms with van der Waals surface area (Å²) in [5.41, 5.74) is 2.79. The van der Waals surface area contributed by atoms with Gasteiger partial charge in [0.05, 0.1) is 6.61 Å². The van der Waals surface area contributed by atoms with Crippen molar-refractivity contribution in [1.82, 2.24) is 0 Å². The molecule has 0 N–H and O–H groups in total. The molecule has 2 aromatic carbocycles. The minimum atomic E-state index is -0.767. The third-order valence-electron chi connectivity index (χ3n) is 7.72. The van der Waals surface area contributed by atoms with Crippen molar-refractivity contribution in [2.45, 2.75) is 63.9 Å². The van der Waals surface area contributed by atoms with Gasteiger partial charge in [0.25, 0.3) is 0 Å². The second-order valence-corrected chi connectivity index (χ2v) is 9.27. The Hall–Kier alpha value is -1.74. The van der Waals surface area contributed by atoms with Gasteiger partial charge in [-0.25, -0.2) is 8.78 Å². The van der Waals surface area contributed by atoms with E-state index in [1.165, 1.54) is 50.5 Å². The summed E-state index contributed by atoms with van der Waals surface area (Å²) in [6.45, 7) is 2.76. The lowest BCUT2D eigenvalue weighted by atomic mass is 9.83. The zero-order valence-corrected chi connectivity index (χ0v) is 17.2. The van der Waals surface area contributed by atoms with Crippen LogP contribution < -0.4 is 0 Å². The molecule has 5 rings (SSSR count). The topological polar surface area (TPSA) is 12.5 Å². The molecule has 3 aliphatic rings. The summed E-state index contributed by atoms with van der Waals surface area (Å²) in [6, 6.07) is 11.6. The Balaban J connectivity index is 1.33. The lowest BCUT2D eigenvalue weighted by Gasteiger charge is -2.21. The van der Waals surface area contributed by atoms with E-state index in [9.17, 15) is 8.78 Å². The second-order valence-electron chi connectivity index (χ2n) is 9.27. The minimum absolute atomic E-state index is 0.274. The molecule has 1 aliphatic heterocycles. The molecule has 0 amide bonds. The van der Waals surface area contributed by atoms with Gasteiger partial charge in [0.15, 0.2) is 11.6 Å². The molecule has 5 unspecified atom stereocenters. The van der Waals surface area contributed by atoms with Crippen LogP contribution in [0, 0.1) is 29.4 Å². The molecule has 0 aromatic heterocycles. The number of rotatable bonds is 6. The fourth-order valence-corrected chi connectivity index (χ4v) is 6.13. The van der Waals surface area contributed by atoms with E-state index in [0.29, 0.717) is 23.7 Å². The molecular weight excluding hydrogens is 366 g/mol. The minimum Gasteiger partial charge on any atom is -0.368 e. The Labute approximate surface area is 172 Å². The van der Waals surface area contributed by atoms with Gasteiger partial charge < -0.3 is 4.74 Å². The summed E-state index contributed by atoms with van der Waals surface area (Å²) in [4.78, 5) is 0. The van der Waals surface area contributed by atoms with E-state index in [-0.39, 0.29) is 6.10 Å². The van der Waals surface area contributed by atoms with E-state index in [4.69, 9.17) is 4.74 Å². The maximum Gasteiger partial charge on any atom is 0.167 e. The second kappa shape index (κ2) is 7.83. The van der Waals surface area contributed by atoms with Crippen LogP contribution in [0.5, 0.6) is 0 Å². The average molecular weight is 397 g/mol. The first-order valence-electron chi connectivity index (χ1n) is 11.4. The van der Waals surface area contributed by atoms with E-state index in [2.05, 4.69) is 19.1 Å². The van der Waals surface area contributed by atoms with Crippen LogP contribution in [0.25, 0.3) is 11.1 Å². The van der Waals surface area contributed by atoms with Crippen LogP contribution in [-0.2, 0) is 4.74 Å². The fraction of sp³-hybridized carbons (Fsp3) is 0.538. The van der Waals surface area contributed by atoms with Crippen LogP contribution in [0.4, 0.5) is 8.78 Å². The maximum atomic E-state index is 14.6. The molecular formula is C26H30F2O. The number of hydrogen-bond donors (Lipinski definition) is 0. The summed E-state index contributed by atoms with van der Waals surface area (Å²) in [7, 11) is 0. The van der Waals surface area contributed by atoms with E-state index in [1.807, 2.05) is 12.1 Å². The summed E-state index contributed by atoms with van der Waals surface area (Å²) in [5.74, 6) is 1.75. The molecule has 29 heavy (non-hydrogen) atoms. The smallest absolute Gasteiger partial charge is 0.167 e. The number of benzene rings is 2. The van der Waals surface area contributed by atoms with Crippen molar-refractivity contribution >= 4 is 0 Å². The van der Waals surface area contributed by atoms with Crippen LogP contribution in [0.3, 0.4) is 0 Å². The molecule has 1 heterocycles. The molecule has 2 aromatic rings. The van der Waals surface area contributed by atoms with Gasteiger partial charge in [-0.05, 0) is 60.5 Å². The Morgan fingerprint density at radius 3 is 2.38 bits per heavy atom. The Morgan fingerprint density at radius 2 is 1.66 bits per heavy atom. The highest BCUT2D eigenvalue weighted by Gasteiger charge is 2.44. The molecule has 3 fully saturated rings. The van der Waals surface area contributed by atoms with Crippen molar-refractivity contribution in [3.05, 3.63) is 59.2 Å². The van der Waals surface area contributed by atoms with E-state index in [1.54, 1.807) is 12.1 Å². The number of epoxide rings is 1. The lowest BCUT2D eigenvalue weighted by molar-refractivity contribution is 0.320. The highest BCUT2D eigenvalue weighted by atomic mass is 19.2. The summed E-state index contributed by atoms with van der Waals surface area (Å²) >= 11 is 0. The normalized spacial score (nSPS) is 30.5. The Bertz CT molecular complexity index is 871. The van der Waals surface area contributed by atoms with Crippen molar-refractivity contribution in [3.63, 3.8) is 0 Å². The zero-order chi connectivity index (χ0) is 20.0. The van der Waals surface area contributed by atoms with Gasteiger partial charge in [0, 0.05) is 11.1 Å². The SMILES string of the molecule is CCCCC1CCC2C(c3ccc(-c4ccc(C5CO5)c(F)c4F)cc3)CCC12. The van der Waals surface area contributed by atoms with Crippen LogP contribution in [0.15, 0.2) is 36.4 Å². The standard InChI is InChI=1S/C26H30F2O/c1-2-3-4-16-9-10-22-19(16)11-12-20(22)17-5-7-18(8-6-17)21-13-14-23(24-15-29-24)26(28)25(21)27/h5-8,13-14,16,19-20,22,24H,2-4,9-12,15H2,1H3. The van der Waals surface area contributed by atoms with Gasteiger partial charge >= 0.3 is 0 Å². The average Bonchev–Trinajstić information content (AvgIpc) is 3.37. The molecule has 3 heteroatoms. The number of halogens is 2.